The number of nitrogens with zero attached hydrogens (tertiary/aromatic N) is 1. The number of aromatic nitrogens is 1. The average molecular weight is 376 g/mol. The second-order valence-electron chi connectivity index (χ2n) is 7.17. The van der Waals surface area contributed by atoms with Crippen molar-refractivity contribution < 1.29 is 9.18 Å². The van der Waals surface area contributed by atoms with Gasteiger partial charge in [-0.25, -0.2) is 4.39 Å². The Kier molecular flexibility index (Phi) is 5.91. The molecule has 0 radical (unpaired) electrons. The maximum atomic E-state index is 13.3. The standard InChI is InChI=1S/C20H25FN2O2S/c1-15-13-26-19(25)23(15)12-9-18(24)22-14-20(10-3-2-4-11-20)16-5-7-17(21)8-6-16/h5-8,13H,2-4,9-12,14H2,1H3,(H,22,24). The van der Waals surface area contributed by atoms with Crippen LogP contribution in [0.15, 0.2) is 34.4 Å². The number of benzene rings is 1. The van der Waals surface area contributed by atoms with Gasteiger partial charge in [0.05, 0.1) is 0 Å². The molecule has 1 aliphatic carbocycles. The van der Waals surface area contributed by atoms with Gasteiger partial charge in [0, 0.05) is 36.0 Å². The van der Waals surface area contributed by atoms with E-state index in [1.165, 1.54) is 18.6 Å². The van der Waals surface area contributed by atoms with Crippen LogP contribution >= 0.6 is 11.3 Å². The highest BCUT2D eigenvalue weighted by Gasteiger charge is 2.34. The summed E-state index contributed by atoms with van der Waals surface area (Å²) in [6.45, 7) is 2.85. The van der Waals surface area contributed by atoms with Crippen molar-refractivity contribution in [3.05, 3.63) is 56.4 Å². The molecule has 1 aromatic heterocycles. The average Bonchev–Trinajstić information content (AvgIpc) is 2.97. The number of carbonyl (C=O) groups excluding carboxylic acids is 1. The quantitative estimate of drug-likeness (QED) is 0.834. The van der Waals surface area contributed by atoms with Crippen LogP contribution in [0.2, 0.25) is 0 Å². The second kappa shape index (κ2) is 8.16. The third-order valence-corrected chi connectivity index (χ3v) is 6.31. The summed E-state index contributed by atoms with van der Waals surface area (Å²) in [5.41, 5.74) is 1.88. The smallest absolute Gasteiger partial charge is 0.307 e. The summed E-state index contributed by atoms with van der Waals surface area (Å²) < 4.78 is 14.9. The van der Waals surface area contributed by atoms with Crippen LogP contribution in [-0.2, 0) is 16.8 Å². The second-order valence-corrected chi connectivity index (χ2v) is 7.99. The first kappa shape index (κ1) is 18.8. The predicted molar refractivity (Wildman–Crippen MR) is 102 cm³/mol. The first-order valence-corrected chi connectivity index (χ1v) is 10.1. The summed E-state index contributed by atoms with van der Waals surface area (Å²) in [6.07, 6.45) is 5.74. The van der Waals surface area contributed by atoms with Crippen LogP contribution in [0.5, 0.6) is 0 Å². The van der Waals surface area contributed by atoms with E-state index in [-0.39, 0.29) is 28.4 Å². The highest BCUT2D eigenvalue weighted by molar-refractivity contribution is 7.07. The molecule has 1 saturated carbocycles. The summed E-state index contributed by atoms with van der Waals surface area (Å²) in [5, 5.41) is 4.87. The third-order valence-electron chi connectivity index (χ3n) is 5.43. The van der Waals surface area contributed by atoms with Gasteiger partial charge in [-0.05, 0) is 37.5 Å². The Morgan fingerprint density at radius 1 is 1.23 bits per heavy atom. The maximum absolute atomic E-state index is 13.3. The fourth-order valence-electron chi connectivity index (χ4n) is 3.84. The first-order valence-electron chi connectivity index (χ1n) is 9.18. The molecule has 6 heteroatoms. The fourth-order valence-corrected chi connectivity index (χ4v) is 4.60. The molecular weight excluding hydrogens is 351 g/mol. The van der Waals surface area contributed by atoms with Gasteiger partial charge >= 0.3 is 4.87 Å². The van der Waals surface area contributed by atoms with Crippen molar-refractivity contribution in [1.29, 1.82) is 0 Å². The molecule has 1 N–H and O–H groups in total. The highest BCUT2D eigenvalue weighted by atomic mass is 32.1. The van der Waals surface area contributed by atoms with Crippen molar-refractivity contribution in [2.75, 3.05) is 6.54 Å². The van der Waals surface area contributed by atoms with Crippen molar-refractivity contribution in [1.82, 2.24) is 9.88 Å². The van der Waals surface area contributed by atoms with Gasteiger partial charge in [0.15, 0.2) is 0 Å². The number of hydrogen-bond donors (Lipinski definition) is 1. The van der Waals surface area contributed by atoms with Crippen molar-refractivity contribution in [2.24, 2.45) is 0 Å². The topological polar surface area (TPSA) is 51.1 Å². The van der Waals surface area contributed by atoms with Gasteiger partial charge in [0.25, 0.3) is 0 Å². The molecule has 4 nitrogen and oxygen atoms in total. The van der Waals surface area contributed by atoms with Crippen LogP contribution in [0.25, 0.3) is 0 Å². The van der Waals surface area contributed by atoms with Crippen LogP contribution in [-0.4, -0.2) is 17.0 Å². The van der Waals surface area contributed by atoms with E-state index in [0.717, 1.165) is 48.3 Å². The zero-order chi connectivity index (χ0) is 18.6. The van der Waals surface area contributed by atoms with E-state index < -0.39 is 0 Å². The molecule has 1 aliphatic rings. The lowest BCUT2D eigenvalue weighted by atomic mass is 9.69. The van der Waals surface area contributed by atoms with E-state index in [4.69, 9.17) is 0 Å². The molecule has 3 rings (SSSR count). The Morgan fingerprint density at radius 3 is 2.54 bits per heavy atom. The van der Waals surface area contributed by atoms with E-state index in [0.29, 0.717) is 13.1 Å². The van der Waals surface area contributed by atoms with E-state index in [1.807, 2.05) is 24.4 Å². The van der Waals surface area contributed by atoms with Crippen LogP contribution in [0.4, 0.5) is 4.39 Å². The van der Waals surface area contributed by atoms with Gasteiger partial charge < -0.3 is 9.88 Å². The maximum Gasteiger partial charge on any atom is 0.307 e. The summed E-state index contributed by atoms with van der Waals surface area (Å²) in [4.78, 5) is 24.1. The first-order chi connectivity index (χ1) is 12.5. The van der Waals surface area contributed by atoms with E-state index >= 15 is 0 Å². The molecule has 1 heterocycles. The molecule has 0 saturated heterocycles. The van der Waals surface area contributed by atoms with Crippen molar-refractivity contribution in [3.8, 4) is 0 Å². The summed E-state index contributed by atoms with van der Waals surface area (Å²) in [5.74, 6) is -0.283. The van der Waals surface area contributed by atoms with E-state index in [9.17, 15) is 14.0 Å². The lowest BCUT2D eigenvalue weighted by Crippen LogP contribution is -2.42. The molecule has 26 heavy (non-hydrogen) atoms. The van der Waals surface area contributed by atoms with Gasteiger partial charge in [0.2, 0.25) is 5.91 Å². The fraction of sp³-hybridized carbons (Fsp3) is 0.500. The number of amides is 1. The lowest BCUT2D eigenvalue weighted by molar-refractivity contribution is -0.121. The molecule has 1 amide bonds. The summed E-state index contributed by atoms with van der Waals surface area (Å²) in [6, 6.07) is 6.70. The number of thiazole rings is 1. The minimum Gasteiger partial charge on any atom is -0.355 e. The molecule has 140 valence electrons. The van der Waals surface area contributed by atoms with Crippen molar-refractivity contribution in [2.45, 2.75) is 57.4 Å². The molecule has 0 spiro atoms. The predicted octanol–water partition coefficient (Wildman–Crippen LogP) is 3.77. The molecule has 0 unspecified atom stereocenters. The number of carbonyl (C=O) groups is 1. The Bertz CT molecular complexity index is 804. The molecule has 1 fully saturated rings. The normalized spacial score (nSPS) is 16.4. The Balaban J connectivity index is 1.63. The van der Waals surface area contributed by atoms with Gasteiger partial charge in [-0.2, -0.15) is 0 Å². The van der Waals surface area contributed by atoms with Crippen LogP contribution in [0, 0.1) is 12.7 Å². The number of rotatable bonds is 6. The van der Waals surface area contributed by atoms with Gasteiger partial charge in [-0.3, -0.25) is 9.59 Å². The summed E-state index contributed by atoms with van der Waals surface area (Å²) >= 11 is 1.16. The number of hydrogen-bond acceptors (Lipinski definition) is 3. The number of nitrogens with one attached hydrogen (secondary N) is 1. The van der Waals surface area contributed by atoms with E-state index in [2.05, 4.69) is 5.32 Å². The zero-order valence-corrected chi connectivity index (χ0v) is 15.9. The monoisotopic (exact) mass is 376 g/mol. The molecule has 0 atom stereocenters. The molecular formula is C20H25FN2O2S. The highest BCUT2D eigenvalue weighted by Crippen LogP contribution is 2.39. The molecule has 0 aliphatic heterocycles. The van der Waals surface area contributed by atoms with Crippen LogP contribution < -0.4 is 10.2 Å². The molecule has 0 bridgehead atoms. The Labute approximate surface area is 157 Å². The van der Waals surface area contributed by atoms with E-state index in [1.54, 1.807) is 4.57 Å². The zero-order valence-electron chi connectivity index (χ0n) is 15.1. The van der Waals surface area contributed by atoms with Crippen molar-refractivity contribution in [3.63, 3.8) is 0 Å². The summed E-state index contributed by atoms with van der Waals surface area (Å²) in [7, 11) is 0. The Morgan fingerprint density at radius 2 is 1.92 bits per heavy atom. The Hall–Kier alpha value is -1.95. The minimum atomic E-state index is -0.236. The van der Waals surface area contributed by atoms with Gasteiger partial charge in [0.1, 0.15) is 5.82 Å². The number of halogens is 1. The molecule has 2 aromatic rings. The van der Waals surface area contributed by atoms with Gasteiger partial charge in [-0.1, -0.05) is 42.7 Å². The van der Waals surface area contributed by atoms with Crippen molar-refractivity contribution >= 4 is 17.2 Å². The lowest BCUT2D eigenvalue weighted by Gasteiger charge is -2.38. The van der Waals surface area contributed by atoms with Gasteiger partial charge in [-0.15, -0.1) is 0 Å². The SMILES string of the molecule is Cc1csc(=O)n1CCC(=O)NCC1(c2ccc(F)cc2)CCCCC1. The third kappa shape index (κ3) is 4.23. The van der Waals surface area contributed by atoms with Crippen LogP contribution in [0.3, 0.4) is 0 Å². The van der Waals surface area contributed by atoms with Crippen LogP contribution in [0.1, 0.15) is 49.8 Å². The largest absolute Gasteiger partial charge is 0.355 e. The minimum absolute atomic E-state index is 0.0228. The molecule has 1 aromatic carbocycles. The number of aryl methyl sites for hydroxylation is 1.